The van der Waals surface area contributed by atoms with E-state index in [-0.39, 0.29) is 19.5 Å². The Labute approximate surface area is 112 Å². The number of rotatable bonds is 2. The average Bonchev–Trinajstić information content (AvgIpc) is 2.93. The van der Waals surface area contributed by atoms with E-state index in [2.05, 4.69) is 5.32 Å². The van der Waals surface area contributed by atoms with E-state index in [1.807, 2.05) is 0 Å². The fourth-order valence-electron chi connectivity index (χ4n) is 2.78. The number of amides is 1. The Balaban J connectivity index is 2.31. The zero-order chi connectivity index (χ0) is 15.1. The molecule has 0 aromatic rings. The van der Waals surface area contributed by atoms with E-state index < -0.39 is 48.6 Å². The van der Waals surface area contributed by atoms with Crippen LogP contribution in [0.4, 0.5) is 13.2 Å². The number of carboxylic acid groups (broad SMARTS) is 1. The van der Waals surface area contributed by atoms with Gasteiger partial charge in [0.05, 0.1) is 6.10 Å². The number of β-amino-alcohol motifs (C(OH)–C–C–N with tert-alkyl or cyclic N) is 1. The average molecular weight is 296 g/mol. The fourth-order valence-corrected chi connectivity index (χ4v) is 2.78. The van der Waals surface area contributed by atoms with Gasteiger partial charge in [-0.15, -0.1) is 0 Å². The minimum absolute atomic E-state index is 0.0411. The third-order valence-corrected chi connectivity index (χ3v) is 3.93. The molecule has 0 radical (unpaired) electrons. The Morgan fingerprint density at radius 2 is 2.00 bits per heavy atom. The van der Waals surface area contributed by atoms with E-state index >= 15 is 0 Å². The van der Waals surface area contributed by atoms with Crippen LogP contribution < -0.4 is 5.32 Å². The highest BCUT2D eigenvalue weighted by molar-refractivity contribution is 5.89. The molecule has 20 heavy (non-hydrogen) atoms. The van der Waals surface area contributed by atoms with Crippen molar-refractivity contribution in [1.82, 2.24) is 10.2 Å². The lowest BCUT2D eigenvalue weighted by Crippen LogP contribution is -2.56. The van der Waals surface area contributed by atoms with Crippen molar-refractivity contribution < 1.29 is 33.0 Å². The van der Waals surface area contributed by atoms with Crippen LogP contribution >= 0.6 is 0 Å². The first kappa shape index (κ1) is 15.0. The Morgan fingerprint density at radius 1 is 1.35 bits per heavy atom. The molecular weight excluding hydrogens is 281 g/mol. The van der Waals surface area contributed by atoms with Gasteiger partial charge in [0, 0.05) is 19.5 Å². The van der Waals surface area contributed by atoms with E-state index in [0.29, 0.717) is 4.90 Å². The van der Waals surface area contributed by atoms with Crippen LogP contribution in [0.2, 0.25) is 0 Å². The topological polar surface area (TPSA) is 89.9 Å². The zero-order valence-corrected chi connectivity index (χ0v) is 10.5. The molecule has 2 fully saturated rings. The summed E-state index contributed by atoms with van der Waals surface area (Å²) in [5.41, 5.74) is -2.59. The molecule has 0 aromatic carbocycles. The molecule has 2 aliphatic heterocycles. The van der Waals surface area contributed by atoms with Crippen molar-refractivity contribution in [3.8, 4) is 0 Å². The smallest absolute Gasteiger partial charge is 0.404 e. The molecule has 3 N–H and O–H groups in total. The van der Waals surface area contributed by atoms with Crippen LogP contribution in [0, 0.1) is 5.41 Å². The molecule has 6 nitrogen and oxygen atoms in total. The zero-order valence-electron chi connectivity index (χ0n) is 10.5. The van der Waals surface area contributed by atoms with Crippen molar-refractivity contribution in [3.05, 3.63) is 0 Å². The molecule has 2 saturated heterocycles. The number of carbonyl (C=O) groups excluding carboxylic acids is 1. The minimum Gasteiger partial charge on any atom is -0.480 e. The first-order valence-electron chi connectivity index (χ1n) is 6.18. The van der Waals surface area contributed by atoms with Gasteiger partial charge in [-0.25, -0.2) is 4.79 Å². The lowest BCUT2D eigenvalue weighted by Gasteiger charge is -2.34. The highest BCUT2D eigenvalue weighted by Gasteiger charge is 2.63. The Bertz CT molecular complexity index is 420. The first-order valence-corrected chi connectivity index (χ1v) is 6.18. The van der Waals surface area contributed by atoms with Gasteiger partial charge in [0.1, 0.15) is 6.04 Å². The van der Waals surface area contributed by atoms with Crippen molar-refractivity contribution in [2.45, 2.75) is 31.2 Å². The molecule has 2 heterocycles. The standard InChI is InChI=1S/C11H15F3N2O4/c12-11(13,14)10(1-2-15-5-10)9(20)16-4-6(17)3-7(16)8(18)19/h6-7,15,17H,1-5H2,(H,18,19)/t6-,7-,10?/m1/s1. The Kier molecular flexibility index (Phi) is 3.67. The van der Waals surface area contributed by atoms with Gasteiger partial charge < -0.3 is 20.4 Å². The number of aliphatic hydroxyl groups excluding tert-OH is 1. The normalized spacial score (nSPS) is 34.5. The second-order valence-corrected chi connectivity index (χ2v) is 5.21. The Morgan fingerprint density at radius 3 is 2.45 bits per heavy atom. The highest BCUT2D eigenvalue weighted by atomic mass is 19.4. The number of carboxylic acids is 1. The molecule has 1 unspecified atom stereocenters. The lowest BCUT2D eigenvalue weighted by molar-refractivity contribution is -0.222. The molecule has 114 valence electrons. The summed E-state index contributed by atoms with van der Waals surface area (Å²) in [4.78, 5) is 23.9. The largest absolute Gasteiger partial charge is 0.480 e. The number of aliphatic hydroxyl groups is 1. The molecular formula is C11H15F3N2O4. The van der Waals surface area contributed by atoms with Crippen molar-refractivity contribution >= 4 is 11.9 Å². The number of aliphatic carboxylic acids is 1. The molecule has 9 heteroatoms. The third-order valence-electron chi connectivity index (χ3n) is 3.93. The maximum Gasteiger partial charge on any atom is 0.404 e. The van der Waals surface area contributed by atoms with Crippen LogP contribution in [0.1, 0.15) is 12.8 Å². The van der Waals surface area contributed by atoms with E-state index in [1.54, 1.807) is 0 Å². The predicted octanol–water partition coefficient (Wildman–Crippen LogP) is -0.425. The second-order valence-electron chi connectivity index (χ2n) is 5.21. The van der Waals surface area contributed by atoms with E-state index in [0.717, 1.165) is 0 Å². The maximum atomic E-state index is 13.2. The molecule has 3 atom stereocenters. The van der Waals surface area contributed by atoms with Crippen molar-refractivity contribution in [2.24, 2.45) is 5.41 Å². The molecule has 0 aromatic heterocycles. The van der Waals surface area contributed by atoms with Crippen molar-refractivity contribution in [3.63, 3.8) is 0 Å². The number of carbonyl (C=O) groups is 2. The van der Waals surface area contributed by atoms with E-state index in [1.165, 1.54) is 0 Å². The summed E-state index contributed by atoms with van der Waals surface area (Å²) >= 11 is 0. The van der Waals surface area contributed by atoms with Gasteiger partial charge in [-0.3, -0.25) is 4.79 Å². The third kappa shape index (κ3) is 2.24. The second kappa shape index (κ2) is 4.88. The van der Waals surface area contributed by atoms with Crippen molar-refractivity contribution in [1.29, 1.82) is 0 Å². The van der Waals surface area contributed by atoms with Crippen LogP contribution in [-0.4, -0.2) is 64.9 Å². The molecule has 0 aliphatic carbocycles. The van der Waals surface area contributed by atoms with Gasteiger partial charge in [0.15, 0.2) is 5.41 Å². The fraction of sp³-hybridized carbons (Fsp3) is 0.818. The molecule has 2 rings (SSSR count). The van der Waals surface area contributed by atoms with Crippen LogP contribution in [-0.2, 0) is 9.59 Å². The summed E-state index contributed by atoms with van der Waals surface area (Å²) in [6, 6.07) is -1.41. The van der Waals surface area contributed by atoms with E-state index in [9.17, 15) is 27.9 Å². The predicted molar refractivity (Wildman–Crippen MR) is 59.7 cm³/mol. The first-order chi connectivity index (χ1) is 9.19. The van der Waals surface area contributed by atoms with Crippen LogP contribution in [0.25, 0.3) is 0 Å². The van der Waals surface area contributed by atoms with Crippen LogP contribution in [0.3, 0.4) is 0 Å². The number of halogens is 3. The number of nitrogens with one attached hydrogen (secondary N) is 1. The lowest BCUT2D eigenvalue weighted by atomic mass is 9.84. The quantitative estimate of drug-likeness (QED) is 0.643. The number of hydrogen-bond donors (Lipinski definition) is 3. The van der Waals surface area contributed by atoms with Gasteiger partial charge in [-0.1, -0.05) is 0 Å². The highest BCUT2D eigenvalue weighted by Crippen LogP contribution is 2.45. The minimum atomic E-state index is -4.76. The van der Waals surface area contributed by atoms with Gasteiger partial charge in [-0.2, -0.15) is 13.2 Å². The summed E-state index contributed by atoms with van der Waals surface area (Å²) in [5, 5.41) is 20.9. The summed E-state index contributed by atoms with van der Waals surface area (Å²) < 4.78 is 39.7. The van der Waals surface area contributed by atoms with Gasteiger partial charge >= 0.3 is 12.1 Å². The number of likely N-dealkylation sites (tertiary alicyclic amines) is 1. The SMILES string of the molecule is O=C(O)[C@H]1C[C@@H](O)CN1C(=O)C1(C(F)(F)F)CCNC1. The van der Waals surface area contributed by atoms with Gasteiger partial charge in [0.25, 0.3) is 0 Å². The number of nitrogens with zero attached hydrogens (tertiary/aromatic N) is 1. The monoisotopic (exact) mass is 296 g/mol. The summed E-state index contributed by atoms with van der Waals surface area (Å²) in [5.74, 6) is -2.67. The molecule has 0 spiro atoms. The molecule has 0 bridgehead atoms. The van der Waals surface area contributed by atoms with Crippen LogP contribution in [0.5, 0.6) is 0 Å². The number of hydrogen-bond acceptors (Lipinski definition) is 4. The van der Waals surface area contributed by atoms with Crippen LogP contribution in [0.15, 0.2) is 0 Å². The summed E-state index contributed by atoms with van der Waals surface area (Å²) in [6.45, 7) is -0.902. The maximum absolute atomic E-state index is 13.2. The molecule has 2 aliphatic rings. The number of alkyl halides is 3. The molecule has 0 saturated carbocycles. The van der Waals surface area contributed by atoms with E-state index in [4.69, 9.17) is 5.11 Å². The molecule has 1 amide bonds. The Hall–Kier alpha value is -1.35. The van der Waals surface area contributed by atoms with Gasteiger partial charge in [0.2, 0.25) is 5.91 Å². The summed E-state index contributed by atoms with van der Waals surface area (Å²) in [6.07, 6.45) is -6.54. The van der Waals surface area contributed by atoms with Gasteiger partial charge in [-0.05, 0) is 13.0 Å². The van der Waals surface area contributed by atoms with Crippen molar-refractivity contribution in [2.75, 3.05) is 19.6 Å². The summed E-state index contributed by atoms with van der Waals surface area (Å²) in [7, 11) is 0.